The third kappa shape index (κ3) is 1.31. The highest BCUT2D eigenvalue weighted by atomic mass is 16.5. The van der Waals surface area contributed by atoms with Gasteiger partial charge in [0.1, 0.15) is 5.65 Å². The first-order chi connectivity index (χ1) is 6.33. The van der Waals surface area contributed by atoms with E-state index >= 15 is 0 Å². The van der Waals surface area contributed by atoms with Crippen molar-refractivity contribution in [1.82, 2.24) is 9.38 Å². The molecule has 0 aromatic carbocycles. The van der Waals surface area contributed by atoms with E-state index in [0.29, 0.717) is 6.61 Å². The molecule has 0 radical (unpaired) electrons. The van der Waals surface area contributed by atoms with Crippen molar-refractivity contribution in [2.45, 2.75) is 13.5 Å². The van der Waals surface area contributed by atoms with Crippen molar-refractivity contribution in [3.8, 4) is 0 Å². The van der Waals surface area contributed by atoms with Crippen molar-refractivity contribution in [2.24, 2.45) is 0 Å². The summed E-state index contributed by atoms with van der Waals surface area (Å²) in [6, 6.07) is 5.97. The van der Waals surface area contributed by atoms with Crippen LogP contribution in [0.3, 0.4) is 0 Å². The van der Waals surface area contributed by atoms with E-state index in [1.165, 1.54) is 0 Å². The molecule has 3 heteroatoms. The Hall–Kier alpha value is -1.35. The predicted octanol–water partition coefficient (Wildman–Crippen LogP) is 1.79. The molecule has 0 N–H and O–H groups in total. The summed E-state index contributed by atoms with van der Waals surface area (Å²) in [5, 5.41) is 0. The molecule has 0 aliphatic rings. The van der Waals surface area contributed by atoms with Gasteiger partial charge in [-0.3, -0.25) is 0 Å². The van der Waals surface area contributed by atoms with Crippen LogP contribution in [0.1, 0.15) is 11.4 Å². The van der Waals surface area contributed by atoms with Gasteiger partial charge in [0.05, 0.1) is 12.3 Å². The molecule has 0 spiro atoms. The van der Waals surface area contributed by atoms with Crippen LogP contribution in [-0.4, -0.2) is 16.5 Å². The Morgan fingerprint density at radius 3 is 3.00 bits per heavy atom. The monoisotopic (exact) mass is 176 g/mol. The maximum atomic E-state index is 5.06. The SMILES string of the molecule is COCc1nc2ccccn2c1C. The van der Waals surface area contributed by atoms with Gasteiger partial charge in [-0.25, -0.2) is 4.98 Å². The number of pyridine rings is 1. The van der Waals surface area contributed by atoms with Crippen LogP contribution in [0.5, 0.6) is 0 Å². The van der Waals surface area contributed by atoms with E-state index < -0.39 is 0 Å². The van der Waals surface area contributed by atoms with Crippen molar-refractivity contribution in [1.29, 1.82) is 0 Å². The van der Waals surface area contributed by atoms with Gasteiger partial charge in [0.25, 0.3) is 0 Å². The number of hydrogen-bond acceptors (Lipinski definition) is 2. The summed E-state index contributed by atoms with van der Waals surface area (Å²) in [4.78, 5) is 4.44. The van der Waals surface area contributed by atoms with Gasteiger partial charge in [-0.15, -0.1) is 0 Å². The molecule has 0 amide bonds. The van der Waals surface area contributed by atoms with Gasteiger partial charge in [-0.2, -0.15) is 0 Å². The van der Waals surface area contributed by atoms with Crippen molar-refractivity contribution < 1.29 is 4.74 Å². The Kier molecular flexibility index (Phi) is 2.02. The quantitative estimate of drug-likeness (QED) is 0.697. The van der Waals surface area contributed by atoms with E-state index in [0.717, 1.165) is 17.0 Å². The van der Waals surface area contributed by atoms with Crippen LogP contribution in [0.25, 0.3) is 5.65 Å². The average molecular weight is 176 g/mol. The summed E-state index contributed by atoms with van der Waals surface area (Å²) < 4.78 is 7.13. The molecule has 13 heavy (non-hydrogen) atoms. The Bertz CT molecular complexity index is 420. The van der Waals surface area contributed by atoms with Gasteiger partial charge in [-0.1, -0.05) is 6.07 Å². The third-order valence-electron chi connectivity index (χ3n) is 2.15. The minimum absolute atomic E-state index is 0.577. The van der Waals surface area contributed by atoms with Crippen molar-refractivity contribution in [3.05, 3.63) is 35.8 Å². The number of hydrogen-bond donors (Lipinski definition) is 0. The van der Waals surface area contributed by atoms with E-state index in [2.05, 4.69) is 9.38 Å². The third-order valence-corrected chi connectivity index (χ3v) is 2.15. The van der Waals surface area contributed by atoms with Crippen LogP contribution >= 0.6 is 0 Å². The van der Waals surface area contributed by atoms with Crippen LogP contribution in [-0.2, 0) is 11.3 Å². The van der Waals surface area contributed by atoms with Crippen LogP contribution in [0, 0.1) is 6.92 Å². The molecule has 0 aliphatic carbocycles. The summed E-state index contributed by atoms with van der Waals surface area (Å²) in [7, 11) is 1.68. The van der Waals surface area contributed by atoms with Crippen molar-refractivity contribution in [3.63, 3.8) is 0 Å². The molecule has 0 bridgehead atoms. The van der Waals surface area contributed by atoms with Crippen LogP contribution in [0.4, 0.5) is 0 Å². The molecule has 0 atom stereocenters. The Labute approximate surface area is 77.0 Å². The van der Waals surface area contributed by atoms with Gasteiger partial charge < -0.3 is 9.14 Å². The first kappa shape index (κ1) is 8.26. The molecular formula is C10H12N2O. The first-order valence-corrected chi connectivity index (χ1v) is 4.24. The number of aromatic nitrogens is 2. The molecule has 0 unspecified atom stereocenters. The summed E-state index contributed by atoms with van der Waals surface area (Å²) >= 11 is 0. The fraction of sp³-hybridized carbons (Fsp3) is 0.300. The van der Waals surface area contributed by atoms with E-state index in [9.17, 15) is 0 Å². The summed E-state index contributed by atoms with van der Waals surface area (Å²) in [6.45, 7) is 2.63. The molecule has 0 saturated heterocycles. The largest absolute Gasteiger partial charge is 0.378 e. The Morgan fingerprint density at radius 2 is 2.31 bits per heavy atom. The summed E-state index contributed by atoms with van der Waals surface area (Å²) in [5.74, 6) is 0. The number of ether oxygens (including phenoxy) is 1. The lowest BCUT2D eigenvalue weighted by molar-refractivity contribution is 0.181. The smallest absolute Gasteiger partial charge is 0.137 e. The molecule has 0 aliphatic heterocycles. The zero-order valence-electron chi connectivity index (χ0n) is 7.82. The number of aryl methyl sites for hydroxylation is 1. The summed E-state index contributed by atoms with van der Waals surface area (Å²) in [6.07, 6.45) is 2.01. The second-order valence-electron chi connectivity index (χ2n) is 3.01. The number of methoxy groups -OCH3 is 1. The van der Waals surface area contributed by atoms with E-state index in [1.54, 1.807) is 7.11 Å². The highest BCUT2D eigenvalue weighted by Crippen LogP contribution is 2.11. The van der Waals surface area contributed by atoms with Gasteiger partial charge in [0.15, 0.2) is 0 Å². The predicted molar refractivity (Wildman–Crippen MR) is 50.6 cm³/mol. The van der Waals surface area contributed by atoms with Gasteiger partial charge in [0, 0.05) is 19.0 Å². The lowest BCUT2D eigenvalue weighted by atomic mass is 10.3. The number of imidazole rings is 1. The molecule has 0 saturated carbocycles. The van der Waals surface area contributed by atoms with Crippen molar-refractivity contribution >= 4 is 5.65 Å². The maximum Gasteiger partial charge on any atom is 0.137 e. The molecule has 0 fully saturated rings. The molecule has 3 nitrogen and oxygen atoms in total. The fourth-order valence-corrected chi connectivity index (χ4v) is 1.44. The topological polar surface area (TPSA) is 26.5 Å². The highest BCUT2D eigenvalue weighted by Gasteiger charge is 2.05. The zero-order chi connectivity index (χ0) is 9.26. The van der Waals surface area contributed by atoms with E-state index in [1.807, 2.05) is 31.3 Å². The van der Waals surface area contributed by atoms with Crippen LogP contribution < -0.4 is 0 Å². The molecular weight excluding hydrogens is 164 g/mol. The van der Waals surface area contributed by atoms with Crippen molar-refractivity contribution in [2.75, 3.05) is 7.11 Å². The molecule has 2 aromatic heterocycles. The van der Waals surface area contributed by atoms with E-state index in [4.69, 9.17) is 4.74 Å². The Balaban J connectivity index is 2.60. The fourth-order valence-electron chi connectivity index (χ4n) is 1.44. The van der Waals surface area contributed by atoms with Crippen LogP contribution in [0.15, 0.2) is 24.4 Å². The molecule has 68 valence electrons. The second kappa shape index (κ2) is 3.18. The Morgan fingerprint density at radius 1 is 1.46 bits per heavy atom. The minimum atomic E-state index is 0.577. The lowest BCUT2D eigenvalue weighted by Crippen LogP contribution is -1.91. The van der Waals surface area contributed by atoms with Gasteiger partial charge in [-0.05, 0) is 19.1 Å². The number of fused-ring (bicyclic) bond motifs is 1. The number of rotatable bonds is 2. The van der Waals surface area contributed by atoms with E-state index in [-0.39, 0.29) is 0 Å². The zero-order valence-corrected chi connectivity index (χ0v) is 7.82. The second-order valence-corrected chi connectivity index (χ2v) is 3.01. The maximum absolute atomic E-state index is 5.06. The van der Waals surface area contributed by atoms with Gasteiger partial charge >= 0.3 is 0 Å². The normalized spacial score (nSPS) is 10.9. The number of nitrogens with zero attached hydrogens (tertiary/aromatic N) is 2. The van der Waals surface area contributed by atoms with Crippen LogP contribution in [0.2, 0.25) is 0 Å². The van der Waals surface area contributed by atoms with Gasteiger partial charge in [0.2, 0.25) is 0 Å². The molecule has 2 rings (SSSR count). The first-order valence-electron chi connectivity index (χ1n) is 4.24. The molecule has 2 heterocycles. The highest BCUT2D eigenvalue weighted by molar-refractivity contribution is 5.42. The lowest BCUT2D eigenvalue weighted by Gasteiger charge is -1.96. The minimum Gasteiger partial charge on any atom is -0.378 e. The standard InChI is InChI=1S/C10H12N2O/c1-8-9(7-13-2)11-10-5-3-4-6-12(8)10/h3-6H,7H2,1-2H3. The molecule has 2 aromatic rings. The average Bonchev–Trinajstić information content (AvgIpc) is 2.46. The summed E-state index contributed by atoms with van der Waals surface area (Å²) in [5.41, 5.74) is 3.14.